The number of rotatable bonds is 19. The minimum absolute atomic E-state index is 0.0227. The number of aliphatic carboxylic acids is 1. The van der Waals surface area contributed by atoms with Crippen molar-refractivity contribution >= 4 is 41.5 Å². The lowest BCUT2D eigenvalue weighted by molar-refractivity contribution is -0.145. The number of aromatic nitrogens is 2. The summed E-state index contributed by atoms with van der Waals surface area (Å²) in [5.41, 5.74) is 7.05. The topological polar surface area (TPSA) is 304 Å². The Morgan fingerprint density at radius 1 is 0.896 bits per heavy atom. The van der Waals surface area contributed by atoms with Crippen LogP contribution in [0, 0.1) is 0 Å². The van der Waals surface area contributed by atoms with Gasteiger partial charge in [0.15, 0.2) is 0 Å². The van der Waals surface area contributed by atoms with Crippen molar-refractivity contribution in [3.05, 3.63) is 54.1 Å². The molecular weight excluding hydrogens is 636 g/mol. The van der Waals surface area contributed by atoms with E-state index in [1.807, 2.05) is 0 Å². The van der Waals surface area contributed by atoms with E-state index in [4.69, 9.17) is 10.5 Å². The number of esters is 1. The molecule has 2 aromatic rings. The maximum absolute atomic E-state index is 13.0. The van der Waals surface area contributed by atoms with Crippen LogP contribution in [0.5, 0.6) is 0 Å². The molecule has 0 bridgehead atoms. The number of aliphatic hydroxyl groups excluding tert-OH is 2. The number of carbonyl (C=O) groups is 7. The zero-order chi connectivity index (χ0) is 35.8. The van der Waals surface area contributed by atoms with Gasteiger partial charge in [0.2, 0.25) is 29.5 Å². The number of nitrogens with one attached hydrogen (secondary N) is 6. The Balaban J connectivity index is 2.00. The summed E-state index contributed by atoms with van der Waals surface area (Å²) < 4.78 is 4.75. The number of aliphatic hydroxyl groups is 2. The Bertz CT molecular complexity index is 1410. The number of carboxylic acids is 1. The molecular formula is C29H40N8O11. The van der Waals surface area contributed by atoms with Gasteiger partial charge >= 0.3 is 11.9 Å². The molecule has 19 nitrogen and oxygen atoms in total. The second kappa shape index (κ2) is 19.3. The molecule has 0 aliphatic heterocycles. The summed E-state index contributed by atoms with van der Waals surface area (Å²) >= 11 is 0. The van der Waals surface area contributed by atoms with Gasteiger partial charge in [0, 0.05) is 24.7 Å². The first kappa shape index (κ1) is 38.8. The Morgan fingerprint density at radius 3 is 2.10 bits per heavy atom. The van der Waals surface area contributed by atoms with Gasteiger partial charge in [-0.2, -0.15) is 0 Å². The molecule has 1 aromatic carbocycles. The highest BCUT2D eigenvalue weighted by atomic mass is 16.5. The van der Waals surface area contributed by atoms with E-state index in [-0.39, 0.29) is 12.8 Å². The molecule has 11 N–H and O–H groups in total. The second-order valence-corrected chi connectivity index (χ2v) is 10.6. The van der Waals surface area contributed by atoms with Crippen LogP contribution in [0.3, 0.4) is 0 Å². The van der Waals surface area contributed by atoms with Crippen LogP contribution in [0.4, 0.5) is 0 Å². The fourth-order valence-electron chi connectivity index (χ4n) is 4.22. The maximum Gasteiger partial charge on any atom is 0.328 e. The molecule has 0 saturated carbocycles. The molecule has 0 radical (unpaired) electrons. The normalized spacial score (nSPS) is 14.5. The van der Waals surface area contributed by atoms with Crippen molar-refractivity contribution in [1.29, 1.82) is 0 Å². The van der Waals surface area contributed by atoms with Crippen LogP contribution < -0.4 is 32.3 Å². The van der Waals surface area contributed by atoms with E-state index in [9.17, 15) is 48.9 Å². The Kier molecular flexibility index (Phi) is 15.6. The number of ether oxygens (including phenoxy) is 1. The highest BCUT2D eigenvalue weighted by Crippen LogP contribution is 2.06. The van der Waals surface area contributed by atoms with E-state index in [2.05, 4.69) is 36.6 Å². The second-order valence-electron chi connectivity index (χ2n) is 10.6. The van der Waals surface area contributed by atoms with Gasteiger partial charge in [-0.3, -0.25) is 28.8 Å². The highest BCUT2D eigenvalue weighted by molar-refractivity contribution is 5.96. The third-order valence-corrected chi connectivity index (χ3v) is 6.75. The van der Waals surface area contributed by atoms with E-state index in [1.165, 1.54) is 19.4 Å². The first-order valence-corrected chi connectivity index (χ1v) is 14.6. The van der Waals surface area contributed by atoms with Crippen LogP contribution >= 0.6 is 0 Å². The monoisotopic (exact) mass is 676 g/mol. The van der Waals surface area contributed by atoms with Crippen LogP contribution in [0.15, 0.2) is 42.9 Å². The molecule has 6 unspecified atom stereocenters. The molecule has 6 atom stereocenters. The van der Waals surface area contributed by atoms with Gasteiger partial charge in [-0.15, -0.1) is 0 Å². The Morgan fingerprint density at radius 2 is 1.54 bits per heavy atom. The summed E-state index contributed by atoms with van der Waals surface area (Å²) in [6.45, 7) is -0.552. The van der Waals surface area contributed by atoms with Gasteiger partial charge in [0.25, 0.3) is 0 Å². The fourth-order valence-corrected chi connectivity index (χ4v) is 4.22. The third kappa shape index (κ3) is 12.8. The minimum atomic E-state index is -1.76. The maximum atomic E-state index is 13.0. The lowest BCUT2D eigenvalue weighted by atomic mass is 10.0. The largest absolute Gasteiger partial charge is 0.481 e. The van der Waals surface area contributed by atoms with E-state index in [0.29, 0.717) is 11.3 Å². The summed E-state index contributed by atoms with van der Waals surface area (Å²) in [5, 5.41) is 40.2. The Hall–Kier alpha value is -5.40. The van der Waals surface area contributed by atoms with Crippen molar-refractivity contribution < 1.29 is 53.6 Å². The van der Waals surface area contributed by atoms with Crippen LogP contribution in [-0.4, -0.2) is 123 Å². The third-order valence-electron chi connectivity index (χ3n) is 6.75. The number of H-pyrrole nitrogens is 1. The zero-order valence-corrected chi connectivity index (χ0v) is 26.2. The summed E-state index contributed by atoms with van der Waals surface area (Å²) in [6, 6.07) is 1.40. The van der Waals surface area contributed by atoms with Crippen molar-refractivity contribution in [2.75, 3.05) is 20.3 Å². The van der Waals surface area contributed by atoms with Crippen molar-refractivity contribution in [1.82, 2.24) is 36.6 Å². The number of amides is 5. The van der Waals surface area contributed by atoms with Crippen LogP contribution in [-0.2, 0) is 51.1 Å². The number of benzene rings is 1. The highest BCUT2D eigenvalue weighted by Gasteiger charge is 2.32. The summed E-state index contributed by atoms with van der Waals surface area (Å²) in [5.74, 6) is -7.29. The number of carbonyl (C=O) groups excluding carboxylic acids is 6. The van der Waals surface area contributed by atoms with E-state index in [1.54, 1.807) is 30.3 Å². The average Bonchev–Trinajstić information content (AvgIpc) is 3.56. The number of carboxylic acid groups (broad SMARTS) is 1. The van der Waals surface area contributed by atoms with Crippen molar-refractivity contribution in [3.8, 4) is 0 Å². The first-order chi connectivity index (χ1) is 22.7. The van der Waals surface area contributed by atoms with Crippen molar-refractivity contribution in [3.63, 3.8) is 0 Å². The summed E-state index contributed by atoms with van der Waals surface area (Å²) in [7, 11) is 1.13. The molecule has 19 heteroatoms. The van der Waals surface area contributed by atoms with E-state index in [0.717, 1.165) is 7.11 Å². The van der Waals surface area contributed by atoms with Crippen LogP contribution in [0.1, 0.15) is 24.6 Å². The van der Waals surface area contributed by atoms with E-state index >= 15 is 0 Å². The lowest BCUT2D eigenvalue weighted by Gasteiger charge is -2.24. The van der Waals surface area contributed by atoms with Gasteiger partial charge in [-0.1, -0.05) is 30.3 Å². The van der Waals surface area contributed by atoms with Gasteiger partial charge < -0.3 is 57.4 Å². The molecule has 262 valence electrons. The fraction of sp³-hybridized carbons (Fsp3) is 0.448. The molecule has 1 aromatic heterocycles. The predicted octanol–water partition coefficient (Wildman–Crippen LogP) is -4.40. The number of aromatic amines is 1. The predicted molar refractivity (Wildman–Crippen MR) is 164 cm³/mol. The number of imidazole rings is 1. The first-order valence-electron chi connectivity index (χ1n) is 14.6. The average molecular weight is 677 g/mol. The number of hydrogen-bond donors (Lipinski definition) is 10. The molecule has 0 aliphatic rings. The van der Waals surface area contributed by atoms with Crippen molar-refractivity contribution in [2.24, 2.45) is 5.73 Å². The number of methoxy groups -OCH3 is 1. The van der Waals surface area contributed by atoms with Crippen LogP contribution in [0.25, 0.3) is 0 Å². The SMILES string of the molecule is COC(=O)C(Cc1ccccc1)NC(=O)C(NC(=O)CNC(=O)C(CC(=O)O)NC(=O)C(CO)NC(=O)C(N)Cc1cnc[nH]1)C(C)O. The smallest absolute Gasteiger partial charge is 0.328 e. The summed E-state index contributed by atoms with van der Waals surface area (Å²) in [6.07, 6.45) is 0.474. The van der Waals surface area contributed by atoms with Crippen LogP contribution in [0.2, 0.25) is 0 Å². The van der Waals surface area contributed by atoms with Gasteiger partial charge in [0.05, 0.1) is 45.2 Å². The van der Waals surface area contributed by atoms with Crippen molar-refractivity contribution in [2.45, 2.75) is 62.5 Å². The Labute approximate surface area is 274 Å². The standard InChI is InChI=1S/C29H40N8O11/c1-15(39)24(28(46)35-20(29(47)48-2)8-16-6-4-3-5-7-16)37-22(40)12-32-26(44)19(10-23(41)42)34-27(45)21(13-38)36-25(43)18(30)9-17-11-31-14-33-17/h3-7,11,14-15,18-21,24,38-39H,8-10,12-13,30H2,1-2H3,(H,31,33)(H,32,44)(H,34,45)(H,35,46)(H,36,43)(H,37,40)(H,41,42). The number of hydrogen-bond acceptors (Lipinski definition) is 12. The zero-order valence-electron chi connectivity index (χ0n) is 26.2. The molecule has 0 spiro atoms. The quantitative estimate of drug-likeness (QED) is 0.0630. The molecule has 1 heterocycles. The molecule has 5 amide bonds. The number of nitrogens with two attached hydrogens (primary N) is 1. The molecule has 2 rings (SSSR count). The van der Waals surface area contributed by atoms with E-state index < -0.39 is 97.4 Å². The minimum Gasteiger partial charge on any atom is -0.481 e. The molecule has 0 saturated heterocycles. The van der Waals surface area contributed by atoms with Gasteiger partial charge in [0.1, 0.15) is 24.2 Å². The molecule has 0 aliphatic carbocycles. The molecule has 48 heavy (non-hydrogen) atoms. The molecule has 0 fully saturated rings. The van der Waals surface area contributed by atoms with Gasteiger partial charge in [-0.05, 0) is 12.5 Å². The van der Waals surface area contributed by atoms with Gasteiger partial charge in [-0.25, -0.2) is 9.78 Å². The lowest BCUT2D eigenvalue weighted by Crippen LogP contribution is -2.59. The summed E-state index contributed by atoms with van der Waals surface area (Å²) in [4.78, 5) is 93.9. The number of nitrogens with zero attached hydrogens (tertiary/aromatic N) is 1.